The average Bonchev–Trinajstić information content (AvgIpc) is 2.91. The highest BCUT2D eigenvalue weighted by atomic mass is 19.4. The lowest BCUT2D eigenvalue weighted by Crippen LogP contribution is -2.47. The highest BCUT2D eigenvalue weighted by molar-refractivity contribution is 5.99. The molecule has 2 unspecified atom stereocenters. The Hall–Kier alpha value is -2.51. The lowest BCUT2D eigenvalue weighted by atomic mass is 9.84. The van der Waals surface area contributed by atoms with Gasteiger partial charge in [0.15, 0.2) is 0 Å². The fraction of sp³-hybridized carbons (Fsp3) is 0.444. The second-order valence-electron chi connectivity index (χ2n) is 6.73. The fourth-order valence-corrected chi connectivity index (χ4v) is 3.63. The van der Waals surface area contributed by atoms with Gasteiger partial charge in [0.2, 0.25) is 5.91 Å². The predicted molar refractivity (Wildman–Crippen MR) is 90.3 cm³/mol. The number of nitrogens with one attached hydrogen (secondary N) is 1. The van der Waals surface area contributed by atoms with Crippen molar-refractivity contribution in [3.8, 4) is 0 Å². The summed E-state index contributed by atoms with van der Waals surface area (Å²) in [5, 5.41) is 3.17. The maximum absolute atomic E-state index is 12.9. The molecule has 3 rings (SSSR count). The molecular formula is C18H20F3N3O2. The van der Waals surface area contributed by atoms with E-state index in [1.807, 2.05) is 0 Å². The molecule has 8 heteroatoms. The van der Waals surface area contributed by atoms with E-state index in [-0.39, 0.29) is 11.7 Å². The van der Waals surface area contributed by atoms with Gasteiger partial charge in [-0.2, -0.15) is 13.2 Å². The minimum atomic E-state index is -4.44. The van der Waals surface area contributed by atoms with Crippen LogP contribution in [0.2, 0.25) is 0 Å². The van der Waals surface area contributed by atoms with Crippen LogP contribution in [0.15, 0.2) is 24.3 Å². The molecule has 3 N–H and O–H groups in total. The molecule has 1 fully saturated rings. The van der Waals surface area contributed by atoms with Gasteiger partial charge in [0.1, 0.15) is 5.69 Å². The maximum atomic E-state index is 12.9. The van der Waals surface area contributed by atoms with E-state index in [0.717, 1.165) is 25.0 Å². The molecule has 5 nitrogen and oxygen atoms in total. The van der Waals surface area contributed by atoms with Gasteiger partial charge < -0.3 is 15.6 Å². The van der Waals surface area contributed by atoms with Gasteiger partial charge in [-0.15, -0.1) is 0 Å². The number of hydrogen-bond donors (Lipinski definition) is 2. The topological polar surface area (TPSA) is 77.1 Å². The maximum Gasteiger partial charge on any atom is 0.416 e. The third-order valence-electron chi connectivity index (χ3n) is 5.05. The van der Waals surface area contributed by atoms with Crippen LogP contribution in [0.1, 0.15) is 41.7 Å². The second-order valence-corrected chi connectivity index (χ2v) is 6.73. The molecule has 1 aromatic carbocycles. The summed E-state index contributed by atoms with van der Waals surface area (Å²) >= 11 is 0. The molecule has 0 bridgehead atoms. The molecule has 26 heavy (non-hydrogen) atoms. The molecule has 2 aromatic rings. The summed E-state index contributed by atoms with van der Waals surface area (Å²) in [5.74, 6) is -1.28. The summed E-state index contributed by atoms with van der Waals surface area (Å²) in [7, 11) is 1.62. The Morgan fingerprint density at radius 1 is 1.19 bits per heavy atom. The fourth-order valence-electron chi connectivity index (χ4n) is 3.63. The van der Waals surface area contributed by atoms with Gasteiger partial charge in [-0.05, 0) is 37.1 Å². The van der Waals surface area contributed by atoms with E-state index in [4.69, 9.17) is 5.73 Å². The number of carbonyl (C=O) groups excluding carboxylic acids is 2. The highest BCUT2D eigenvalue weighted by Gasteiger charge is 2.32. The van der Waals surface area contributed by atoms with Gasteiger partial charge in [0, 0.05) is 24.0 Å². The third kappa shape index (κ3) is 3.40. The summed E-state index contributed by atoms with van der Waals surface area (Å²) in [6.45, 7) is 0. The van der Waals surface area contributed by atoms with Gasteiger partial charge in [-0.3, -0.25) is 9.59 Å². The van der Waals surface area contributed by atoms with Crippen molar-refractivity contribution in [2.75, 3.05) is 0 Å². The number of aromatic nitrogens is 1. The lowest BCUT2D eigenvalue weighted by Gasteiger charge is -2.30. The summed E-state index contributed by atoms with van der Waals surface area (Å²) in [5.41, 5.74) is 5.43. The first-order valence-electron chi connectivity index (χ1n) is 8.45. The molecule has 1 aliphatic rings. The number of fused-ring (bicyclic) bond motifs is 1. The van der Waals surface area contributed by atoms with Crippen LogP contribution in [0, 0.1) is 5.92 Å². The van der Waals surface area contributed by atoms with Crippen molar-refractivity contribution >= 4 is 22.7 Å². The number of nitrogens with zero attached hydrogens (tertiary/aromatic N) is 1. The van der Waals surface area contributed by atoms with Crippen molar-refractivity contribution in [3.63, 3.8) is 0 Å². The van der Waals surface area contributed by atoms with Crippen LogP contribution in [-0.2, 0) is 18.0 Å². The second kappa shape index (κ2) is 6.66. The Kier molecular flexibility index (Phi) is 4.68. The number of halogens is 3. The molecule has 0 spiro atoms. The van der Waals surface area contributed by atoms with Gasteiger partial charge in [-0.25, -0.2) is 0 Å². The zero-order valence-electron chi connectivity index (χ0n) is 14.3. The number of nitrogens with two attached hydrogens (primary N) is 1. The Morgan fingerprint density at radius 3 is 2.54 bits per heavy atom. The van der Waals surface area contributed by atoms with E-state index in [1.54, 1.807) is 11.6 Å². The Balaban J connectivity index is 1.88. The number of hydrogen-bond acceptors (Lipinski definition) is 2. The molecule has 1 saturated carbocycles. The zero-order chi connectivity index (χ0) is 19.1. The van der Waals surface area contributed by atoms with Crippen molar-refractivity contribution in [2.45, 2.75) is 37.9 Å². The van der Waals surface area contributed by atoms with Crippen molar-refractivity contribution < 1.29 is 22.8 Å². The van der Waals surface area contributed by atoms with Crippen molar-refractivity contribution in [1.29, 1.82) is 0 Å². The van der Waals surface area contributed by atoms with E-state index in [2.05, 4.69) is 5.32 Å². The average molecular weight is 367 g/mol. The summed E-state index contributed by atoms with van der Waals surface area (Å²) in [6.07, 6.45) is -1.39. The smallest absolute Gasteiger partial charge is 0.369 e. The van der Waals surface area contributed by atoms with Crippen LogP contribution in [0.4, 0.5) is 13.2 Å². The molecule has 2 atom stereocenters. The van der Waals surface area contributed by atoms with E-state index in [1.165, 1.54) is 12.1 Å². The first kappa shape index (κ1) is 18.3. The molecule has 140 valence electrons. The van der Waals surface area contributed by atoms with E-state index in [0.29, 0.717) is 23.7 Å². The normalized spacial score (nSPS) is 20.9. The van der Waals surface area contributed by atoms with Gasteiger partial charge in [-0.1, -0.05) is 12.8 Å². The number of primary amides is 1. The third-order valence-corrected chi connectivity index (χ3v) is 5.05. The van der Waals surface area contributed by atoms with Crippen molar-refractivity contribution in [2.24, 2.45) is 18.7 Å². The van der Waals surface area contributed by atoms with Crippen molar-refractivity contribution in [1.82, 2.24) is 9.88 Å². The minimum absolute atomic E-state index is 0.244. The molecule has 1 aromatic heterocycles. The number of rotatable bonds is 3. The number of amides is 2. The molecule has 0 radical (unpaired) electrons. The zero-order valence-corrected chi connectivity index (χ0v) is 14.3. The Bertz CT molecular complexity index is 857. The molecule has 2 amide bonds. The van der Waals surface area contributed by atoms with Crippen LogP contribution in [0.25, 0.3) is 10.9 Å². The first-order chi connectivity index (χ1) is 12.2. The lowest BCUT2D eigenvalue weighted by molar-refractivity contribution is -0.137. The molecule has 0 aliphatic heterocycles. The van der Waals surface area contributed by atoms with Crippen LogP contribution < -0.4 is 11.1 Å². The molecule has 1 heterocycles. The summed E-state index contributed by atoms with van der Waals surface area (Å²) < 4.78 is 40.2. The van der Waals surface area contributed by atoms with Crippen LogP contribution in [-0.4, -0.2) is 22.4 Å². The van der Waals surface area contributed by atoms with E-state index < -0.39 is 29.5 Å². The van der Waals surface area contributed by atoms with Crippen molar-refractivity contribution in [3.05, 3.63) is 35.5 Å². The summed E-state index contributed by atoms with van der Waals surface area (Å²) in [4.78, 5) is 24.2. The van der Waals surface area contributed by atoms with Gasteiger partial charge in [0.05, 0.1) is 11.5 Å². The van der Waals surface area contributed by atoms with E-state index >= 15 is 0 Å². The van der Waals surface area contributed by atoms with Gasteiger partial charge >= 0.3 is 6.18 Å². The number of aryl methyl sites for hydroxylation is 1. The molecule has 1 aliphatic carbocycles. The van der Waals surface area contributed by atoms with Gasteiger partial charge in [0.25, 0.3) is 5.91 Å². The van der Waals surface area contributed by atoms with Crippen LogP contribution >= 0.6 is 0 Å². The largest absolute Gasteiger partial charge is 0.416 e. The number of benzene rings is 1. The predicted octanol–water partition coefficient (Wildman–Crippen LogP) is 2.97. The number of alkyl halides is 3. The van der Waals surface area contributed by atoms with Crippen LogP contribution in [0.3, 0.4) is 0 Å². The van der Waals surface area contributed by atoms with E-state index in [9.17, 15) is 22.8 Å². The van der Waals surface area contributed by atoms with Crippen LogP contribution in [0.5, 0.6) is 0 Å². The Morgan fingerprint density at radius 2 is 1.88 bits per heavy atom. The monoisotopic (exact) mass is 367 g/mol. The number of carbonyl (C=O) groups is 2. The minimum Gasteiger partial charge on any atom is -0.369 e. The SMILES string of the molecule is Cn1c(C(=O)NC2CCCCC2C(N)=O)cc2cc(C(F)(F)F)ccc21. The Labute approximate surface area is 148 Å². The molecular weight excluding hydrogens is 347 g/mol. The molecule has 0 saturated heterocycles. The highest BCUT2D eigenvalue weighted by Crippen LogP contribution is 2.32. The summed E-state index contributed by atoms with van der Waals surface area (Å²) in [6, 6.07) is 4.45. The first-order valence-corrected chi connectivity index (χ1v) is 8.45. The quantitative estimate of drug-likeness (QED) is 0.875. The standard InChI is InChI=1S/C18H20F3N3O2/c1-24-14-7-6-11(18(19,20)21)8-10(14)9-15(24)17(26)23-13-5-3-2-4-12(13)16(22)25/h6-9,12-13H,2-5H2,1H3,(H2,22,25)(H,23,26).